The molecule has 3 rings (SSSR count). The van der Waals surface area contributed by atoms with Crippen molar-refractivity contribution in [3.63, 3.8) is 0 Å². The van der Waals surface area contributed by atoms with Crippen LogP contribution in [0.5, 0.6) is 0 Å². The van der Waals surface area contributed by atoms with Crippen LogP contribution in [0.4, 0.5) is 0 Å². The van der Waals surface area contributed by atoms with Crippen molar-refractivity contribution in [2.24, 2.45) is 0 Å². The summed E-state index contributed by atoms with van der Waals surface area (Å²) in [6.45, 7) is 2.33. The highest BCUT2D eigenvalue weighted by atomic mass is 16.1. The van der Waals surface area contributed by atoms with Crippen LogP contribution in [0.3, 0.4) is 0 Å². The Morgan fingerprint density at radius 2 is 2.15 bits per heavy atom. The molecular formula is C16H17N3O. The number of hydrogen-bond donors (Lipinski definition) is 1. The average molecular weight is 267 g/mol. The van der Waals surface area contributed by atoms with Crippen molar-refractivity contribution in [1.29, 1.82) is 0 Å². The van der Waals surface area contributed by atoms with Gasteiger partial charge in [0.2, 0.25) is 5.91 Å². The lowest BCUT2D eigenvalue weighted by molar-refractivity contribution is -0.122. The summed E-state index contributed by atoms with van der Waals surface area (Å²) in [5.74, 6) is 0.0573. The van der Waals surface area contributed by atoms with Crippen molar-refractivity contribution in [2.75, 3.05) is 0 Å². The van der Waals surface area contributed by atoms with E-state index in [1.807, 2.05) is 19.1 Å². The molecule has 0 saturated heterocycles. The van der Waals surface area contributed by atoms with Crippen LogP contribution in [0.2, 0.25) is 0 Å². The molecule has 1 N–H and O–H groups in total. The number of aromatic nitrogens is 2. The fourth-order valence-electron chi connectivity index (χ4n) is 2.64. The number of fused-ring (bicyclic) bond motifs is 1. The minimum absolute atomic E-state index is 0.0235. The summed E-state index contributed by atoms with van der Waals surface area (Å²) in [6.07, 6.45) is 5.30. The molecule has 4 heteroatoms. The van der Waals surface area contributed by atoms with Crippen LogP contribution in [-0.2, 0) is 17.8 Å². The fraction of sp³-hybridized carbons (Fsp3) is 0.312. The zero-order chi connectivity index (χ0) is 13.9. The van der Waals surface area contributed by atoms with Gasteiger partial charge in [0.05, 0.1) is 30.0 Å². The van der Waals surface area contributed by atoms with E-state index >= 15 is 0 Å². The summed E-state index contributed by atoms with van der Waals surface area (Å²) in [7, 11) is 0. The largest absolute Gasteiger partial charge is 0.350 e. The second-order valence-corrected chi connectivity index (χ2v) is 5.16. The van der Waals surface area contributed by atoms with Gasteiger partial charge >= 0.3 is 0 Å². The van der Waals surface area contributed by atoms with Gasteiger partial charge in [-0.2, -0.15) is 0 Å². The van der Waals surface area contributed by atoms with E-state index in [9.17, 15) is 4.79 Å². The Morgan fingerprint density at radius 3 is 2.95 bits per heavy atom. The maximum absolute atomic E-state index is 12.3. The van der Waals surface area contributed by atoms with E-state index in [2.05, 4.69) is 27.4 Å². The molecule has 1 heterocycles. The van der Waals surface area contributed by atoms with Crippen molar-refractivity contribution in [3.05, 3.63) is 59.2 Å². The molecule has 1 aliphatic carbocycles. The number of carbonyl (C=O) groups excluding carboxylic acids is 1. The summed E-state index contributed by atoms with van der Waals surface area (Å²) in [5, 5.41) is 2.96. The van der Waals surface area contributed by atoms with Crippen LogP contribution in [0.1, 0.15) is 34.9 Å². The lowest BCUT2D eigenvalue weighted by Crippen LogP contribution is -2.28. The van der Waals surface area contributed by atoms with E-state index in [4.69, 9.17) is 0 Å². The number of benzene rings is 1. The molecule has 1 atom stereocenters. The molecule has 0 bridgehead atoms. The monoisotopic (exact) mass is 267 g/mol. The number of rotatable bonds is 3. The van der Waals surface area contributed by atoms with E-state index in [-0.39, 0.29) is 11.8 Å². The van der Waals surface area contributed by atoms with Crippen molar-refractivity contribution in [1.82, 2.24) is 15.3 Å². The van der Waals surface area contributed by atoms with E-state index in [1.165, 1.54) is 11.1 Å². The SMILES string of the molecule is Cc1cnc(CNC(=O)C2CCc3ccccc32)cn1. The standard InChI is InChI=1S/C16H17N3O/c1-11-8-18-13(9-17-11)10-19-16(20)15-7-6-12-4-2-3-5-14(12)15/h2-5,8-9,15H,6-7,10H2,1H3,(H,19,20). The zero-order valence-electron chi connectivity index (χ0n) is 11.5. The normalized spacial score (nSPS) is 16.8. The van der Waals surface area contributed by atoms with E-state index in [1.54, 1.807) is 12.4 Å². The summed E-state index contributed by atoms with van der Waals surface area (Å²) in [5.41, 5.74) is 4.13. The summed E-state index contributed by atoms with van der Waals surface area (Å²) < 4.78 is 0. The van der Waals surface area contributed by atoms with Gasteiger partial charge in [-0.25, -0.2) is 0 Å². The molecular weight excluding hydrogens is 250 g/mol. The zero-order valence-corrected chi connectivity index (χ0v) is 11.5. The first kappa shape index (κ1) is 12.8. The molecule has 1 amide bonds. The van der Waals surface area contributed by atoms with Crippen LogP contribution >= 0.6 is 0 Å². The first-order chi connectivity index (χ1) is 9.74. The highest BCUT2D eigenvalue weighted by molar-refractivity contribution is 5.84. The second-order valence-electron chi connectivity index (χ2n) is 5.16. The van der Waals surface area contributed by atoms with Crippen molar-refractivity contribution >= 4 is 5.91 Å². The van der Waals surface area contributed by atoms with Crippen molar-refractivity contribution in [3.8, 4) is 0 Å². The van der Waals surface area contributed by atoms with E-state index in [0.29, 0.717) is 6.54 Å². The van der Waals surface area contributed by atoms with Gasteiger partial charge in [0.25, 0.3) is 0 Å². The highest BCUT2D eigenvalue weighted by Gasteiger charge is 2.27. The smallest absolute Gasteiger partial charge is 0.227 e. The predicted molar refractivity (Wildman–Crippen MR) is 76.1 cm³/mol. The quantitative estimate of drug-likeness (QED) is 0.927. The summed E-state index contributed by atoms with van der Waals surface area (Å²) >= 11 is 0. The molecule has 4 nitrogen and oxygen atoms in total. The number of nitrogens with zero attached hydrogens (tertiary/aromatic N) is 2. The third kappa shape index (κ3) is 2.54. The fourth-order valence-corrected chi connectivity index (χ4v) is 2.64. The number of carbonyl (C=O) groups is 1. The molecule has 1 unspecified atom stereocenters. The van der Waals surface area contributed by atoms with Crippen LogP contribution in [0, 0.1) is 6.92 Å². The molecule has 1 aromatic carbocycles. The van der Waals surface area contributed by atoms with Crippen LogP contribution in [-0.4, -0.2) is 15.9 Å². The van der Waals surface area contributed by atoms with Gasteiger partial charge in [-0.3, -0.25) is 14.8 Å². The summed E-state index contributed by atoms with van der Waals surface area (Å²) in [6, 6.07) is 8.18. The molecule has 0 spiro atoms. The maximum Gasteiger partial charge on any atom is 0.227 e. The average Bonchev–Trinajstić information content (AvgIpc) is 2.90. The van der Waals surface area contributed by atoms with Crippen molar-refractivity contribution in [2.45, 2.75) is 32.2 Å². The first-order valence-electron chi connectivity index (χ1n) is 6.87. The third-order valence-electron chi connectivity index (χ3n) is 3.73. The second kappa shape index (κ2) is 5.41. The highest BCUT2D eigenvalue weighted by Crippen LogP contribution is 2.32. The van der Waals surface area contributed by atoms with Gasteiger partial charge in [-0.05, 0) is 30.9 Å². The Morgan fingerprint density at radius 1 is 1.30 bits per heavy atom. The minimum Gasteiger partial charge on any atom is -0.350 e. The molecule has 1 aromatic heterocycles. The topological polar surface area (TPSA) is 54.9 Å². The Balaban J connectivity index is 1.65. The molecule has 2 aromatic rings. The Labute approximate surface area is 118 Å². The molecule has 1 aliphatic rings. The van der Waals surface area contributed by atoms with Gasteiger partial charge in [0.1, 0.15) is 0 Å². The number of amides is 1. The Kier molecular flexibility index (Phi) is 3.46. The van der Waals surface area contributed by atoms with Crippen LogP contribution in [0.25, 0.3) is 0 Å². The Hall–Kier alpha value is -2.23. The van der Waals surface area contributed by atoms with Gasteiger partial charge in [0.15, 0.2) is 0 Å². The molecule has 0 fully saturated rings. The minimum atomic E-state index is -0.0235. The van der Waals surface area contributed by atoms with Gasteiger partial charge in [0, 0.05) is 6.20 Å². The molecule has 20 heavy (non-hydrogen) atoms. The Bertz CT molecular complexity index is 622. The molecule has 0 saturated carbocycles. The third-order valence-corrected chi connectivity index (χ3v) is 3.73. The number of aryl methyl sites for hydroxylation is 2. The van der Waals surface area contributed by atoms with Crippen LogP contribution < -0.4 is 5.32 Å². The van der Waals surface area contributed by atoms with Crippen LogP contribution in [0.15, 0.2) is 36.7 Å². The lowest BCUT2D eigenvalue weighted by atomic mass is 10.0. The molecule has 0 radical (unpaired) electrons. The van der Waals surface area contributed by atoms with Gasteiger partial charge in [-0.15, -0.1) is 0 Å². The number of nitrogens with one attached hydrogen (secondary N) is 1. The summed E-state index contributed by atoms with van der Waals surface area (Å²) in [4.78, 5) is 20.7. The maximum atomic E-state index is 12.3. The number of hydrogen-bond acceptors (Lipinski definition) is 3. The molecule has 0 aliphatic heterocycles. The van der Waals surface area contributed by atoms with E-state index < -0.39 is 0 Å². The van der Waals surface area contributed by atoms with E-state index in [0.717, 1.165) is 24.2 Å². The lowest BCUT2D eigenvalue weighted by Gasteiger charge is -2.12. The van der Waals surface area contributed by atoms with Gasteiger partial charge in [-0.1, -0.05) is 24.3 Å². The van der Waals surface area contributed by atoms with Crippen molar-refractivity contribution < 1.29 is 4.79 Å². The predicted octanol–water partition coefficient (Wildman–Crippen LogP) is 2.13. The first-order valence-corrected chi connectivity index (χ1v) is 6.87. The molecule has 102 valence electrons. The van der Waals surface area contributed by atoms with Gasteiger partial charge < -0.3 is 5.32 Å².